The maximum absolute atomic E-state index is 13.4. The van der Waals surface area contributed by atoms with Gasteiger partial charge in [-0.2, -0.15) is 14.9 Å². The van der Waals surface area contributed by atoms with Crippen molar-refractivity contribution in [2.24, 2.45) is 0 Å². The van der Waals surface area contributed by atoms with Gasteiger partial charge in [0.15, 0.2) is 11.5 Å². The summed E-state index contributed by atoms with van der Waals surface area (Å²) in [7, 11) is 1.55. The lowest BCUT2D eigenvalue weighted by molar-refractivity contribution is -0.116. The molecular weight excluding hydrogens is 463 g/mol. The highest BCUT2D eigenvalue weighted by molar-refractivity contribution is 5.95. The summed E-state index contributed by atoms with van der Waals surface area (Å²) in [6.07, 6.45) is 7.05. The molecule has 10 heteroatoms. The maximum Gasteiger partial charge on any atom is 0.272 e. The number of methoxy groups -OCH3 is 1. The monoisotopic (exact) mass is 484 g/mol. The second-order valence-corrected chi connectivity index (χ2v) is 8.12. The highest BCUT2D eigenvalue weighted by Crippen LogP contribution is 2.42. The molecule has 0 unspecified atom stereocenters. The summed E-state index contributed by atoms with van der Waals surface area (Å²) in [6, 6.07) is 11.4. The van der Waals surface area contributed by atoms with Gasteiger partial charge in [-0.15, -0.1) is 11.5 Å². The number of benzene rings is 2. The first kappa shape index (κ1) is 23.0. The van der Waals surface area contributed by atoms with Crippen LogP contribution in [0.2, 0.25) is 0 Å². The summed E-state index contributed by atoms with van der Waals surface area (Å²) in [4.78, 5) is 17.3. The molecule has 0 aliphatic carbocycles. The number of hydrogen-bond acceptors (Lipinski definition) is 7. The first-order valence-corrected chi connectivity index (χ1v) is 11.1. The first-order chi connectivity index (χ1) is 17.5. The molecule has 1 atom stereocenters. The zero-order chi connectivity index (χ0) is 25.2. The Morgan fingerprint density at radius 2 is 2.03 bits per heavy atom. The SMILES string of the molecule is C#CCOc1cc([C@H]2CC(=O)Nc3c2c(C)nn3-c2nncc(-c3ccc(F)cc3)n2)ccc1OC. The number of hydrogen-bond donors (Lipinski definition) is 1. The van der Waals surface area contributed by atoms with E-state index in [-0.39, 0.29) is 36.6 Å². The molecule has 36 heavy (non-hydrogen) atoms. The Morgan fingerprint density at radius 3 is 2.78 bits per heavy atom. The fraction of sp³-hybridized carbons (Fsp3) is 0.192. The van der Waals surface area contributed by atoms with Crippen LogP contribution in [-0.4, -0.2) is 44.6 Å². The quantitative estimate of drug-likeness (QED) is 0.417. The van der Waals surface area contributed by atoms with Gasteiger partial charge in [0.25, 0.3) is 5.95 Å². The van der Waals surface area contributed by atoms with Crippen molar-refractivity contribution < 1.29 is 18.7 Å². The molecule has 180 valence electrons. The summed E-state index contributed by atoms with van der Waals surface area (Å²) in [5, 5.41) is 15.7. The predicted octanol–water partition coefficient (Wildman–Crippen LogP) is 3.67. The van der Waals surface area contributed by atoms with E-state index in [0.717, 1.165) is 11.1 Å². The number of fused-ring (bicyclic) bond motifs is 1. The zero-order valence-corrected chi connectivity index (χ0v) is 19.5. The molecular formula is C26H21FN6O3. The lowest BCUT2D eigenvalue weighted by Gasteiger charge is -2.25. The number of anilines is 1. The fourth-order valence-corrected chi connectivity index (χ4v) is 4.26. The average molecular weight is 484 g/mol. The predicted molar refractivity (Wildman–Crippen MR) is 129 cm³/mol. The van der Waals surface area contributed by atoms with Gasteiger partial charge in [-0.05, 0) is 48.9 Å². The first-order valence-electron chi connectivity index (χ1n) is 11.1. The number of nitrogens with zero attached hydrogens (tertiary/aromatic N) is 5. The van der Waals surface area contributed by atoms with Crippen molar-refractivity contribution in [2.75, 3.05) is 19.0 Å². The minimum absolute atomic E-state index is 0.0852. The Balaban J connectivity index is 1.57. The van der Waals surface area contributed by atoms with Crippen LogP contribution in [0.5, 0.6) is 11.5 Å². The highest BCUT2D eigenvalue weighted by atomic mass is 19.1. The van der Waals surface area contributed by atoms with Crippen molar-refractivity contribution in [3.05, 3.63) is 71.3 Å². The number of terminal acetylenes is 1. The van der Waals surface area contributed by atoms with Crippen LogP contribution in [-0.2, 0) is 4.79 Å². The molecule has 9 nitrogen and oxygen atoms in total. The molecule has 0 radical (unpaired) electrons. The maximum atomic E-state index is 13.4. The van der Waals surface area contributed by atoms with Crippen molar-refractivity contribution in [1.29, 1.82) is 0 Å². The Labute approximate surface area is 206 Å². The third-order valence-corrected chi connectivity index (χ3v) is 5.88. The van der Waals surface area contributed by atoms with Crippen LogP contribution in [0.15, 0.2) is 48.7 Å². The lowest BCUT2D eigenvalue weighted by Crippen LogP contribution is -2.25. The van der Waals surface area contributed by atoms with Crippen LogP contribution in [0.1, 0.15) is 29.2 Å². The number of amides is 1. The van der Waals surface area contributed by atoms with Gasteiger partial charge in [0.2, 0.25) is 5.91 Å². The van der Waals surface area contributed by atoms with Gasteiger partial charge in [0.1, 0.15) is 18.2 Å². The van der Waals surface area contributed by atoms with Crippen LogP contribution >= 0.6 is 0 Å². The normalized spacial score (nSPS) is 14.5. The smallest absolute Gasteiger partial charge is 0.272 e. The standard InChI is InChI=1S/C26H21FN6O3/c1-4-11-36-22-12-17(7-10-21(22)35-3)19-13-23(34)30-25-24(19)15(2)32-33(25)26-29-20(14-28-31-26)16-5-8-18(27)9-6-16/h1,5-10,12,14,19H,11,13H2,2-3H3,(H,30,34)/t19-/m1/s1. The van der Waals surface area contributed by atoms with E-state index in [4.69, 9.17) is 15.9 Å². The van der Waals surface area contributed by atoms with E-state index < -0.39 is 0 Å². The van der Waals surface area contributed by atoms with Crippen molar-refractivity contribution in [3.63, 3.8) is 0 Å². The number of nitrogens with one attached hydrogen (secondary N) is 1. The molecule has 5 rings (SSSR count). The molecule has 1 amide bonds. The van der Waals surface area contributed by atoms with Gasteiger partial charge < -0.3 is 14.8 Å². The third kappa shape index (κ3) is 4.22. The lowest BCUT2D eigenvalue weighted by atomic mass is 9.85. The number of halogens is 1. The van der Waals surface area contributed by atoms with Crippen LogP contribution < -0.4 is 14.8 Å². The van der Waals surface area contributed by atoms with E-state index in [0.29, 0.717) is 34.3 Å². The largest absolute Gasteiger partial charge is 0.493 e. The Hall–Kier alpha value is -4.78. The van der Waals surface area contributed by atoms with E-state index in [1.54, 1.807) is 25.3 Å². The number of ether oxygens (including phenoxy) is 2. The van der Waals surface area contributed by atoms with E-state index in [2.05, 4.69) is 31.5 Å². The molecule has 1 aliphatic rings. The molecule has 0 saturated heterocycles. The van der Waals surface area contributed by atoms with E-state index in [1.807, 2.05) is 19.1 Å². The summed E-state index contributed by atoms with van der Waals surface area (Å²) in [5.74, 6) is 3.29. The summed E-state index contributed by atoms with van der Waals surface area (Å²) >= 11 is 0. The Kier molecular flexibility index (Phi) is 6.04. The van der Waals surface area contributed by atoms with E-state index >= 15 is 0 Å². The molecule has 2 aromatic carbocycles. The van der Waals surface area contributed by atoms with Gasteiger partial charge in [0, 0.05) is 23.5 Å². The minimum atomic E-state index is -0.349. The molecule has 0 fully saturated rings. The minimum Gasteiger partial charge on any atom is -0.493 e. The number of rotatable bonds is 6. The Bertz CT molecular complexity index is 1490. The van der Waals surface area contributed by atoms with Crippen LogP contribution in [0.25, 0.3) is 17.2 Å². The van der Waals surface area contributed by atoms with Gasteiger partial charge in [-0.25, -0.2) is 9.37 Å². The molecule has 2 aromatic heterocycles. The highest BCUT2D eigenvalue weighted by Gasteiger charge is 2.34. The zero-order valence-electron chi connectivity index (χ0n) is 19.5. The van der Waals surface area contributed by atoms with Crippen molar-refractivity contribution >= 4 is 11.7 Å². The number of aryl methyl sites for hydroxylation is 1. The topological polar surface area (TPSA) is 104 Å². The molecule has 4 aromatic rings. The van der Waals surface area contributed by atoms with Crippen molar-refractivity contribution in [3.8, 4) is 41.0 Å². The number of carbonyl (C=O) groups excluding carboxylic acids is 1. The van der Waals surface area contributed by atoms with Crippen LogP contribution in [0.3, 0.4) is 0 Å². The van der Waals surface area contributed by atoms with E-state index in [9.17, 15) is 9.18 Å². The van der Waals surface area contributed by atoms with Gasteiger partial charge in [0.05, 0.1) is 24.7 Å². The van der Waals surface area contributed by atoms with Crippen molar-refractivity contribution in [1.82, 2.24) is 25.0 Å². The second-order valence-electron chi connectivity index (χ2n) is 8.12. The van der Waals surface area contributed by atoms with Gasteiger partial charge >= 0.3 is 0 Å². The van der Waals surface area contributed by atoms with Gasteiger partial charge in [-0.1, -0.05) is 12.0 Å². The molecule has 3 heterocycles. The fourth-order valence-electron chi connectivity index (χ4n) is 4.26. The molecule has 1 N–H and O–H groups in total. The second kappa shape index (κ2) is 9.46. The van der Waals surface area contributed by atoms with Crippen molar-refractivity contribution in [2.45, 2.75) is 19.3 Å². The third-order valence-electron chi connectivity index (χ3n) is 5.88. The molecule has 0 spiro atoms. The molecule has 1 aliphatic heterocycles. The van der Waals surface area contributed by atoms with Gasteiger partial charge in [-0.3, -0.25) is 4.79 Å². The Morgan fingerprint density at radius 1 is 1.22 bits per heavy atom. The summed E-state index contributed by atoms with van der Waals surface area (Å²) < 4.78 is 25.9. The molecule has 0 saturated carbocycles. The van der Waals surface area contributed by atoms with Crippen LogP contribution in [0.4, 0.5) is 10.2 Å². The number of carbonyl (C=O) groups is 1. The summed E-state index contributed by atoms with van der Waals surface area (Å²) in [6.45, 7) is 1.94. The average Bonchev–Trinajstić information content (AvgIpc) is 3.23. The molecule has 0 bridgehead atoms. The van der Waals surface area contributed by atoms with Crippen LogP contribution in [0, 0.1) is 25.1 Å². The number of aromatic nitrogens is 5. The van der Waals surface area contributed by atoms with E-state index in [1.165, 1.54) is 23.0 Å². The summed E-state index contributed by atoms with van der Waals surface area (Å²) in [5.41, 5.74) is 3.54.